The summed E-state index contributed by atoms with van der Waals surface area (Å²) < 4.78 is 62.8. The van der Waals surface area contributed by atoms with Crippen molar-refractivity contribution in [3.05, 3.63) is 64.4 Å². The van der Waals surface area contributed by atoms with E-state index >= 15 is 0 Å². The van der Waals surface area contributed by atoms with E-state index in [0.29, 0.717) is 12.0 Å². The van der Waals surface area contributed by atoms with Gasteiger partial charge in [0.1, 0.15) is 23.2 Å². The van der Waals surface area contributed by atoms with Crippen LogP contribution in [0, 0.1) is 5.82 Å². The summed E-state index contributed by atoms with van der Waals surface area (Å²) in [4.78, 5) is 39.7. The largest absolute Gasteiger partial charge is 0.484 e. The molecule has 2 atom stereocenters. The number of halogens is 5. The van der Waals surface area contributed by atoms with Crippen molar-refractivity contribution in [2.45, 2.75) is 64.0 Å². The number of hydrogen-bond donors (Lipinski definition) is 2. The lowest BCUT2D eigenvalue weighted by atomic mass is 9.97. The first kappa shape index (κ1) is 31.0. The molecule has 0 bridgehead atoms. The van der Waals surface area contributed by atoms with Gasteiger partial charge < -0.3 is 20.1 Å². The molecule has 0 radical (unpaired) electrons. The van der Waals surface area contributed by atoms with Gasteiger partial charge in [-0.15, -0.1) is 0 Å². The minimum absolute atomic E-state index is 0.0331. The molecule has 2 N–H and O–H groups in total. The van der Waals surface area contributed by atoms with Gasteiger partial charge in [-0.2, -0.15) is 13.2 Å². The third kappa shape index (κ3) is 9.00. The second-order valence-corrected chi connectivity index (χ2v) is 10.7. The van der Waals surface area contributed by atoms with E-state index in [1.54, 1.807) is 20.8 Å². The van der Waals surface area contributed by atoms with Crippen LogP contribution in [0.15, 0.2) is 42.5 Å². The molecule has 3 rings (SSSR count). The Hall–Kier alpha value is -3.54. The highest BCUT2D eigenvalue weighted by molar-refractivity contribution is 6.30. The van der Waals surface area contributed by atoms with E-state index in [2.05, 4.69) is 10.6 Å². The summed E-state index contributed by atoms with van der Waals surface area (Å²) in [6, 6.07) is 6.70. The standard InChI is InChI=1S/C27H30ClF4N3O5/c1-26(2,3)40-25(38)35-14-18(34-23(36)15-39-19-9-10-20(28)21(29)12-19)8-11-22(35)24(37)33-13-16-4-6-17(7-5-16)27(30,31)32/h4-7,9-10,12,18,22H,8,11,13-15H2,1-3H3,(H,33,37)(H,34,36)/t18?,22-/m0/s1. The van der Waals surface area contributed by atoms with Crippen molar-refractivity contribution < 1.29 is 41.4 Å². The summed E-state index contributed by atoms with van der Waals surface area (Å²) in [5.41, 5.74) is -1.20. The van der Waals surface area contributed by atoms with Crippen molar-refractivity contribution in [3.8, 4) is 5.75 Å². The SMILES string of the molecule is CC(C)(C)OC(=O)N1CC(NC(=O)COc2ccc(Cl)c(F)c2)CC[C@H]1C(=O)NCc1ccc(C(F)(F)F)cc1. The molecule has 1 heterocycles. The number of ether oxygens (including phenoxy) is 2. The highest BCUT2D eigenvalue weighted by Crippen LogP contribution is 2.29. The highest BCUT2D eigenvalue weighted by atomic mass is 35.5. The van der Waals surface area contributed by atoms with Gasteiger partial charge in [0.05, 0.1) is 10.6 Å². The summed E-state index contributed by atoms with van der Waals surface area (Å²) in [7, 11) is 0. The van der Waals surface area contributed by atoms with E-state index in [4.69, 9.17) is 21.1 Å². The molecule has 0 spiro atoms. The Morgan fingerprint density at radius 1 is 1.05 bits per heavy atom. The number of likely N-dealkylation sites (tertiary alicyclic amines) is 1. The predicted octanol–water partition coefficient (Wildman–Crippen LogP) is 5.08. The molecule has 1 saturated heterocycles. The molecule has 0 saturated carbocycles. The molecule has 13 heteroatoms. The Morgan fingerprint density at radius 3 is 2.33 bits per heavy atom. The van der Waals surface area contributed by atoms with E-state index in [1.807, 2.05) is 0 Å². The van der Waals surface area contributed by atoms with Crippen molar-refractivity contribution in [2.75, 3.05) is 13.2 Å². The third-order valence-corrected chi connectivity index (χ3v) is 6.19. The second-order valence-electron chi connectivity index (χ2n) is 10.3. The minimum Gasteiger partial charge on any atom is -0.484 e. The van der Waals surface area contributed by atoms with Crippen molar-refractivity contribution >= 4 is 29.5 Å². The molecule has 8 nitrogen and oxygen atoms in total. The molecule has 0 aliphatic carbocycles. The summed E-state index contributed by atoms with van der Waals surface area (Å²) >= 11 is 5.64. The van der Waals surface area contributed by atoms with E-state index in [1.165, 1.54) is 29.2 Å². The first-order chi connectivity index (χ1) is 18.6. The van der Waals surface area contributed by atoms with Crippen LogP contribution in [0.25, 0.3) is 0 Å². The zero-order valence-electron chi connectivity index (χ0n) is 22.1. The summed E-state index contributed by atoms with van der Waals surface area (Å²) in [6.07, 6.45) is -4.69. The molecule has 218 valence electrons. The Labute approximate surface area is 233 Å². The lowest BCUT2D eigenvalue weighted by Crippen LogP contribution is -2.59. The molecule has 1 fully saturated rings. The van der Waals surface area contributed by atoms with Gasteiger partial charge in [-0.25, -0.2) is 9.18 Å². The van der Waals surface area contributed by atoms with Gasteiger partial charge >= 0.3 is 12.3 Å². The molecule has 1 aliphatic heterocycles. The van der Waals surface area contributed by atoms with E-state index in [-0.39, 0.29) is 30.3 Å². The van der Waals surface area contributed by atoms with E-state index < -0.39 is 59.8 Å². The lowest BCUT2D eigenvalue weighted by Gasteiger charge is -2.39. The topological polar surface area (TPSA) is 97.0 Å². The van der Waals surface area contributed by atoms with Gasteiger partial charge in [-0.05, 0) is 63.4 Å². The van der Waals surface area contributed by atoms with Crippen molar-refractivity contribution in [1.29, 1.82) is 0 Å². The Bertz CT molecular complexity index is 1220. The number of carbonyl (C=O) groups is 3. The number of amides is 3. The average Bonchev–Trinajstić information content (AvgIpc) is 2.86. The lowest BCUT2D eigenvalue weighted by molar-refractivity contribution is -0.137. The van der Waals surface area contributed by atoms with Crippen LogP contribution in [-0.4, -0.2) is 53.6 Å². The van der Waals surface area contributed by atoms with Gasteiger partial charge in [-0.1, -0.05) is 23.7 Å². The number of alkyl halides is 3. The van der Waals surface area contributed by atoms with Crippen molar-refractivity contribution in [3.63, 3.8) is 0 Å². The smallest absolute Gasteiger partial charge is 0.416 e. The van der Waals surface area contributed by atoms with Crippen molar-refractivity contribution in [1.82, 2.24) is 15.5 Å². The van der Waals surface area contributed by atoms with Gasteiger partial charge in [-0.3, -0.25) is 14.5 Å². The first-order valence-corrected chi connectivity index (χ1v) is 12.8. The van der Waals surface area contributed by atoms with Gasteiger partial charge in [0.15, 0.2) is 6.61 Å². The Morgan fingerprint density at radius 2 is 1.73 bits per heavy atom. The fourth-order valence-corrected chi connectivity index (χ4v) is 4.10. The number of rotatable bonds is 7. The van der Waals surface area contributed by atoms with E-state index in [9.17, 15) is 31.9 Å². The molecule has 0 aromatic heterocycles. The van der Waals surface area contributed by atoms with Gasteiger partial charge in [0, 0.05) is 25.2 Å². The number of piperidine rings is 1. The summed E-state index contributed by atoms with van der Waals surface area (Å²) in [5, 5.41) is 5.32. The molecule has 2 aromatic rings. The van der Waals surface area contributed by atoms with Crippen LogP contribution in [-0.2, 0) is 27.0 Å². The fourth-order valence-electron chi connectivity index (χ4n) is 3.99. The predicted molar refractivity (Wildman–Crippen MR) is 138 cm³/mol. The number of nitrogens with one attached hydrogen (secondary N) is 2. The summed E-state index contributed by atoms with van der Waals surface area (Å²) in [6.45, 7) is 4.52. The fraction of sp³-hybridized carbons (Fsp3) is 0.444. The zero-order valence-corrected chi connectivity index (χ0v) is 22.9. The highest BCUT2D eigenvalue weighted by Gasteiger charge is 2.38. The number of hydrogen-bond acceptors (Lipinski definition) is 5. The maximum atomic E-state index is 13.6. The van der Waals surface area contributed by atoms with Crippen LogP contribution in [0.1, 0.15) is 44.7 Å². The maximum Gasteiger partial charge on any atom is 0.416 e. The van der Waals surface area contributed by atoms with Crippen molar-refractivity contribution in [2.24, 2.45) is 0 Å². The maximum absolute atomic E-state index is 13.6. The molecule has 1 aliphatic rings. The molecule has 2 aromatic carbocycles. The van der Waals surface area contributed by atoms with Crippen LogP contribution < -0.4 is 15.4 Å². The number of benzene rings is 2. The van der Waals surface area contributed by atoms with Gasteiger partial charge in [0.2, 0.25) is 5.91 Å². The Kier molecular flexibility index (Phi) is 9.88. The Balaban J connectivity index is 1.61. The second kappa shape index (κ2) is 12.8. The monoisotopic (exact) mass is 587 g/mol. The normalized spacial score (nSPS) is 17.6. The zero-order chi connectivity index (χ0) is 29.7. The molecule has 40 heavy (non-hydrogen) atoms. The van der Waals surface area contributed by atoms with Crippen LogP contribution in [0.2, 0.25) is 5.02 Å². The minimum atomic E-state index is -4.47. The molecule has 3 amide bonds. The quantitative estimate of drug-likeness (QED) is 0.441. The van der Waals surface area contributed by atoms with Crippen LogP contribution in [0.4, 0.5) is 22.4 Å². The van der Waals surface area contributed by atoms with Crippen LogP contribution >= 0.6 is 11.6 Å². The molecule has 1 unspecified atom stereocenters. The molecular formula is C27H30ClF4N3O5. The number of nitrogens with zero attached hydrogens (tertiary/aromatic N) is 1. The van der Waals surface area contributed by atoms with Gasteiger partial charge in [0.25, 0.3) is 5.91 Å². The van der Waals surface area contributed by atoms with Crippen LogP contribution in [0.3, 0.4) is 0 Å². The average molecular weight is 588 g/mol. The summed E-state index contributed by atoms with van der Waals surface area (Å²) in [5.74, 6) is -1.61. The first-order valence-electron chi connectivity index (χ1n) is 12.4. The third-order valence-electron chi connectivity index (χ3n) is 5.89. The van der Waals surface area contributed by atoms with Crippen LogP contribution in [0.5, 0.6) is 5.75 Å². The number of carbonyl (C=O) groups excluding carboxylic acids is 3. The van der Waals surface area contributed by atoms with E-state index in [0.717, 1.165) is 18.2 Å². The molecular weight excluding hydrogens is 558 g/mol.